The fraction of sp³-hybridized carbons (Fsp3) is 1.00. The molecule has 0 aromatic heterocycles. The molecule has 0 fully saturated rings. The van der Waals surface area contributed by atoms with Gasteiger partial charge in [0.05, 0.1) is 5.60 Å². The number of likely N-dealkylation sites (N-methyl/N-ethyl adjacent to an activating group) is 1. The molecule has 0 aromatic rings. The standard InChI is InChI=1S/C10H24N2O/c1-6-12(5)8-10(4,13)7-11-9(2)3/h9,11,13H,6-8H2,1-5H3. The van der Waals surface area contributed by atoms with Gasteiger partial charge in [0.25, 0.3) is 0 Å². The van der Waals surface area contributed by atoms with Crippen molar-refractivity contribution in [1.82, 2.24) is 10.2 Å². The van der Waals surface area contributed by atoms with E-state index in [0.717, 1.165) is 6.54 Å². The summed E-state index contributed by atoms with van der Waals surface area (Å²) < 4.78 is 0. The van der Waals surface area contributed by atoms with E-state index in [-0.39, 0.29) is 0 Å². The predicted octanol–water partition coefficient (Wildman–Crippen LogP) is 0.687. The van der Waals surface area contributed by atoms with Gasteiger partial charge in [-0.2, -0.15) is 0 Å². The Bertz CT molecular complexity index is 135. The second kappa shape index (κ2) is 5.58. The molecule has 1 unspecified atom stereocenters. The van der Waals surface area contributed by atoms with Gasteiger partial charge < -0.3 is 15.3 Å². The minimum absolute atomic E-state index is 0.429. The quantitative estimate of drug-likeness (QED) is 0.643. The molecule has 0 spiro atoms. The first-order chi connectivity index (χ1) is 5.87. The van der Waals surface area contributed by atoms with Crippen molar-refractivity contribution in [3.05, 3.63) is 0 Å². The first-order valence-corrected chi connectivity index (χ1v) is 5.01. The summed E-state index contributed by atoms with van der Waals surface area (Å²) in [5.41, 5.74) is -0.630. The molecule has 0 saturated carbocycles. The molecule has 0 rings (SSSR count). The van der Waals surface area contributed by atoms with Crippen molar-refractivity contribution in [2.24, 2.45) is 0 Å². The third kappa shape index (κ3) is 6.99. The summed E-state index contributed by atoms with van der Waals surface area (Å²) in [6.07, 6.45) is 0. The van der Waals surface area contributed by atoms with Crippen molar-refractivity contribution in [2.45, 2.75) is 39.3 Å². The van der Waals surface area contributed by atoms with Gasteiger partial charge in [0.2, 0.25) is 0 Å². The molecule has 0 aliphatic rings. The second-order valence-corrected chi connectivity index (χ2v) is 4.36. The summed E-state index contributed by atoms with van der Waals surface area (Å²) >= 11 is 0. The third-order valence-corrected chi connectivity index (χ3v) is 2.04. The first-order valence-electron chi connectivity index (χ1n) is 5.01. The lowest BCUT2D eigenvalue weighted by Gasteiger charge is -2.29. The summed E-state index contributed by atoms with van der Waals surface area (Å²) in [5.74, 6) is 0. The molecule has 0 heterocycles. The molecule has 0 aromatic carbocycles. The Labute approximate surface area is 82.1 Å². The minimum Gasteiger partial charge on any atom is -0.388 e. The fourth-order valence-corrected chi connectivity index (χ4v) is 1.17. The van der Waals surface area contributed by atoms with Gasteiger partial charge in [-0.05, 0) is 20.5 Å². The van der Waals surface area contributed by atoms with E-state index in [1.807, 2.05) is 14.0 Å². The highest BCUT2D eigenvalue weighted by Gasteiger charge is 2.21. The summed E-state index contributed by atoms with van der Waals surface area (Å²) in [7, 11) is 2.02. The molecule has 13 heavy (non-hydrogen) atoms. The Morgan fingerprint density at radius 3 is 2.38 bits per heavy atom. The van der Waals surface area contributed by atoms with E-state index in [2.05, 4.69) is 31.0 Å². The van der Waals surface area contributed by atoms with Gasteiger partial charge in [-0.1, -0.05) is 20.8 Å². The molecule has 3 nitrogen and oxygen atoms in total. The zero-order valence-corrected chi connectivity index (χ0v) is 9.59. The Morgan fingerprint density at radius 2 is 2.00 bits per heavy atom. The van der Waals surface area contributed by atoms with Crippen LogP contribution in [-0.4, -0.2) is 48.3 Å². The lowest BCUT2D eigenvalue weighted by molar-refractivity contribution is 0.0272. The van der Waals surface area contributed by atoms with E-state index in [1.165, 1.54) is 0 Å². The lowest BCUT2D eigenvalue weighted by Crippen LogP contribution is -2.47. The maximum absolute atomic E-state index is 9.96. The topological polar surface area (TPSA) is 35.5 Å². The van der Waals surface area contributed by atoms with E-state index in [1.54, 1.807) is 0 Å². The molecule has 0 aliphatic carbocycles. The maximum Gasteiger partial charge on any atom is 0.0869 e. The molecule has 1 atom stereocenters. The second-order valence-electron chi connectivity index (χ2n) is 4.36. The van der Waals surface area contributed by atoms with Crippen molar-refractivity contribution in [3.63, 3.8) is 0 Å². The molecule has 0 amide bonds. The number of rotatable bonds is 6. The normalized spacial score (nSPS) is 16.6. The van der Waals surface area contributed by atoms with Crippen LogP contribution in [0.2, 0.25) is 0 Å². The molecule has 0 saturated heterocycles. The Balaban J connectivity index is 3.79. The molecular formula is C10H24N2O. The molecule has 0 bridgehead atoms. The minimum atomic E-state index is -0.630. The average Bonchev–Trinajstić information content (AvgIpc) is 2.00. The van der Waals surface area contributed by atoms with Crippen molar-refractivity contribution in [1.29, 1.82) is 0 Å². The van der Waals surface area contributed by atoms with Gasteiger partial charge in [-0.25, -0.2) is 0 Å². The van der Waals surface area contributed by atoms with Crippen LogP contribution in [0.15, 0.2) is 0 Å². The van der Waals surface area contributed by atoms with E-state index in [9.17, 15) is 5.11 Å². The van der Waals surface area contributed by atoms with E-state index in [0.29, 0.717) is 19.1 Å². The van der Waals surface area contributed by atoms with Crippen molar-refractivity contribution >= 4 is 0 Å². The van der Waals surface area contributed by atoms with Crippen LogP contribution in [0.1, 0.15) is 27.7 Å². The average molecular weight is 188 g/mol. The third-order valence-electron chi connectivity index (χ3n) is 2.04. The fourth-order valence-electron chi connectivity index (χ4n) is 1.17. The van der Waals surface area contributed by atoms with Crippen LogP contribution in [0.25, 0.3) is 0 Å². The summed E-state index contributed by atoms with van der Waals surface area (Å²) in [6.45, 7) is 10.5. The van der Waals surface area contributed by atoms with Gasteiger partial charge in [0.15, 0.2) is 0 Å². The highest BCUT2D eigenvalue weighted by atomic mass is 16.3. The van der Waals surface area contributed by atoms with Crippen LogP contribution in [0.3, 0.4) is 0 Å². The van der Waals surface area contributed by atoms with Crippen molar-refractivity contribution in [2.75, 3.05) is 26.7 Å². The molecule has 3 heteroatoms. The molecule has 2 N–H and O–H groups in total. The van der Waals surface area contributed by atoms with Gasteiger partial charge in [0, 0.05) is 19.1 Å². The van der Waals surface area contributed by atoms with Gasteiger partial charge >= 0.3 is 0 Å². The van der Waals surface area contributed by atoms with Crippen molar-refractivity contribution < 1.29 is 5.11 Å². The van der Waals surface area contributed by atoms with Crippen LogP contribution in [0.5, 0.6) is 0 Å². The smallest absolute Gasteiger partial charge is 0.0869 e. The zero-order chi connectivity index (χ0) is 10.5. The summed E-state index contributed by atoms with van der Waals surface area (Å²) in [6, 6.07) is 0.429. The van der Waals surface area contributed by atoms with Gasteiger partial charge in [-0.15, -0.1) is 0 Å². The van der Waals surface area contributed by atoms with Crippen LogP contribution < -0.4 is 5.32 Å². The van der Waals surface area contributed by atoms with Crippen LogP contribution >= 0.6 is 0 Å². The zero-order valence-electron chi connectivity index (χ0n) is 9.59. The van der Waals surface area contributed by atoms with E-state index < -0.39 is 5.60 Å². The largest absolute Gasteiger partial charge is 0.388 e. The Hall–Kier alpha value is -0.120. The maximum atomic E-state index is 9.96. The highest BCUT2D eigenvalue weighted by molar-refractivity contribution is 4.79. The highest BCUT2D eigenvalue weighted by Crippen LogP contribution is 2.03. The Kier molecular flexibility index (Phi) is 5.53. The SMILES string of the molecule is CCN(C)CC(C)(O)CNC(C)C. The Morgan fingerprint density at radius 1 is 1.46 bits per heavy atom. The molecule has 0 radical (unpaired) electrons. The summed E-state index contributed by atoms with van der Waals surface area (Å²) in [4.78, 5) is 2.11. The number of hydrogen-bond acceptors (Lipinski definition) is 3. The molecular weight excluding hydrogens is 164 g/mol. The first kappa shape index (κ1) is 12.9. The number of nitrogens with one attached hydrogen (secondary N) is 1. The summed E-state index contributed by atoms with van der Waals surface area (Å²) in [5, 5.41) is 13.2. The lowest BCUT2D eigenvalue weighted by atomic mass is 10.1. The monoisotopic (exact) mass is 188 g/mol. The van der Waals surface area contributed by atoms with Crippen LogP contribution in [0, 0.1) is 0 Å². The number of hydrogen-bond donors (Lipinski definition) is 2. The van der Waals surface area contributed by atoms with Gasteiger partial charge in [0.1, 0.15) is 0 Å². The number of aliphatic hydroxyl groups is 1. The molecule has 80 valence electrons. The van der Waals surface area contributed by atoms with Crippen LogP contribution in [-0.2, 0) is 0 Å². The molecule has 0 aliphatic heterocycles. The predicted molar refractivity (Wildman–Crippen MR) is 56.9 cm³/mol. The van der Waals surface area contributed by atoms with Crippen molar-refractivity contribution in [3.8, 4) is 0 Å². The van der Waals surface area contributed by atoms with Gasteiger partial charge in [-0.3, -0.25) is 0 Å². The van der Waals surface area contributed by atoms with Crippen LogP contribution in [0.4, 0.5) is 0 Å². The van der Waals surface area contributed by atoms with E-state index >= 15 is 0 Å². The number of nitrogens with zero attached hydrogens (tertiary/aromatic N) is 1. The van der Waals surface area contributed by atoms with E-state index in [4.69, 9.17) is 0 Å².